The average molecular weight is 226 g/mol. The predicted octanol–water partition coefficient (Wildman–Crippen LogP) is 2.19. The maximum absolute atomic E-state index is 11.8. The lowest BCUT2D eigenvalue weighted by atomic mass is 10.2. The molecule has 1 aromatic heterocycles. The maximum Gasteiger partial charge on any atom is 0.136 e. The first-order chi connectivity index (χ1) is 6.91. The summed E-state index contributed by atoms with van der Waals surface area (Å²) in [6.07, 6.45) is 3.52. The fourth-order valence-electron chi connectivity index (χ4n) is 1.04. The first kappa shape index (κ1) is 12.5. The summed E-state index contributed by atoms with van der Waals surface area (Å²) in [6, 6.07) is 3.91. The summed E-state index contributed by atoms with van der Waals surface area (Å²) in [5.41, 5.74) is 1.05. The quantitative estimate of drug-likeness (QED) is 0.804. The van der Waals surface area contributed by atoms with Crippen molar-refractivity contribution in [2.24, 2.45) is 0 Å². The SMILES string of the molecule is CC(N[S@+]([O-])C(C)(C)C)c1cccnc1. The van der Waals surface area contributed by atoms with E-state index in [4.69, 9.17) is 0 Å². The molecular formula is C11H18N2OS. The van der Waals surface area contributed by atoms with Crippen LogP contribution in [0.1, 0.15) is 39.3 Å². The fraction of sp³-hybridized carbons (Fsp3) is 0.545. The second-order valence-electron chi connectivity index (χ2n) is 4.51. The van der Waals surface area contributed by atoms with Crippen LogP contribution in [0.15, 0.2) is 24.5 Å². The minimum Gasteiger partial charge on any atom is -0.598 e. The van der Waals surface area contributed by atoms with Gasteiger partial charge in [-0.25, -0.2) is 0 Å². The topological polar surface area (TPSA) is 48.0 Å². The van der Waals surface area contributed by atoms with Crippen molar-refractivity contribution in [3.05, 3.63) is 30.1 Å². The van der Waals surface area contributed by atoms with Gasteiger partial charge in [-0.1, -0.05) is 6.07 Å². The van der Waals surface area contributed by atoms with E-state index in [2.05, 4.69) is 9.71 Å². The van der Waals surface area contributed by atoms with Gasteiger partial charge in [-0.05, 0) is 39.3 Å². The summed E-state index contributed by atoms with van der Waals surface area (Å²) in [7, 11) is 0. The van der Waals surface area contributed by atoms with Crippen LogP contribution < -0.4 is 4.72 Å². The van der Waals surface area contributed by atoms with Crippen LogP contribution in [0.25, 0.3) is 0 Å². The van der Waals surface area contributed by atoms with Crippen LogP contribution in [0.5, 0.6) is 0 Å². The van der Waals surface area contributed by atoms with Crippen molar-refractivity contribution in [2.45, 2.75) is 38.5 Å². The molecule has 1 heterocycles. The molecule has 0 aliphatic heterocycles. The molecule has 0 aromatic carbocycles. The number of rotatable bonds is 3. The van der Waals surface area contributed by atoms with Crippen LogP contribution >= 0.6 is 0 Å². The lowest BCUT2D eigenvalue weighted by molar-refractivity contribution is 0.531. The van der Waals surface area contributed by atoms with E-state index < -0.39 is 11.4 Å². The first-order valence-electron chi connectivity index (χ1n) is 4.99. The molecule has 0 amide bonds. The third-order valence-corrected chi connectivity index (χ3v) is 3.70. The highest BCUT2D eigenvalue weighted by molar-refractivity contribution is 7.90. The van der Waals surface area contributed by atoms with Crippen LogP contribution in [0, 0.1) is 0 Å². The Labute approximate surface area is 94.6 Å². The van der Waals surface area contributed by atoms with Gasteiger partial charge in [0.1, 0.15) is 4.75 Å². The lowest BCUT2D eigenvalue weighted by Crippen LogP contribution is -2.40. The number of hydrogen-bond donors (Lipinski definition) is 1. The predicted molar refractivity (Wildman–Crippen MR) is 63.7 cm³/mol. The molecule has 0 aliphatic rings. The molecule has 15 heavy (non-hydrogen) atoms. The Morgan fingerprint density at radius 3 is 2.60 bits per heavy atom. The van der Waals surface area contributed by atoms with E-state index >= 15 is 0 Å². The molecule has 1 unspecified atom stereocenters. The van der Waals surface area contributed by atoms with Crippen LogP contribution in [0.2, 0.25) is 0 Å². The summed E-state index contributed by atoms with van der Waals surface area (Å²) in [6.45, 7) is 7.84. The molecule has 0 saturated carbocycles. The molecule has 0 fully saturated rings. The van der Waals surface area contributed by atoms with Crippen molar-refractivity contribution in [2.75, 3.05) is 0 Å². The van der Waals surface area contributed by atoms with E-state index in [-0.39, 0.29) is 10.8 Å². The molecule has 0 bridgehead atoms. The third kappa shape index (κ3) is 3.81. The zero-order valence-corrected chi connectivity index (χ0v) is 10.5. The molecule has 3 nitrogen and oxygen atoms in total. The first-order valence-corrected chi connectivity index (χ1v) is 6.14. The number of nitrogens with zero attached hydrogens (tertiary/aromatic N) is 1. The average Bonchev–Trinajstić information content (AvgIpc) is 2.17. The molecule has 1 rings (SSSR count). The monoisotopic (exact) mass is 226 g/mol. The van der Waals surface area contributed by atoms with Gasteiger partial charge in [0.25, 0.3) is 0 Å². The van der Waals surface area contributed by atoms with Crippen LogP contribution in [0.4, 0.5) is 0 Å². The smallest absolute Gasteiger partial charge is 0.136 e. The molecule has 1 N–H and O–H groups in total. The second-order valence-corrected chi connectivity index (χ2v) is 6.50. The van der Waals surface area contributed by atoms with E-state index in [0.29, 0.717) is 0 Å². The van der Waals surface area contributed by atoms with Gasteiger partial charge in [0, 0.05) is 23.8 Å². The van der Waals surface area contributed by atoms with Crippen LogP contribution in [0.3, 0.4) is 0 Å². The van der Waals surface area contributed by atoms with Gasteiger partial charge in [0.2, 0.25) is 0 Å². The zero-order valence-electron chi connectivity index (χ0n) is 9.65. The Morgan fingerprint density at radius 2 is 2.13 bits per heavy atom. The van der Waals surface area contributed by atoms with Crippen molar-refractivity contribution < 1.29 is 4.55 Å². The third-order valence-electron chi connectivity index (χ3n) is 2.02. The van der Waals surface area contributed by atoms with Crippen molar-refractivity contribution >= 4 is 11.4 Å². The highest BCUT2D eigenvalue weighted by atomic mass is 32.2. The van der Waals surface area contributed by atoms with Crippen molar-refractivity contribution in [3.63, 3.8) is 0 Å². The number of hydrogen-bond acceptors (Lipinski definition) is 3. The Kier molecular flexibility index (Phi) is 4.13. The molecule has 0 spiro atoms. The normalized spacial score (nSPS) is 16.1. The van der Waals surface area contributed by atoms with Gasteiger partial charge >= 0.3 is 0 Å². The van der Waals surface area contributed by atoms with E-state index in [1.165, 1.54) is 0 Å². The van der Waals surface area contributed by atoms with Crippen molar-refractivity contribution in [3.8, 4) is 0 Å². The Bertz CT molecular complexity index is 297. The summed E-state index contributed by atoms with van der Waals surface area (Å²) in [4.78, 5) is 4.04. The van der Waals surface area contributed by atoms with Gasteiger partial charge in [0.05, 0.1) is 6.04 Å². The molecule has 0 radical (unpaired) electrons. The molecular weight excluding hydrogens is 208 g/mol. The van der Waals surface area contributed by atoms with Gasteiger partial charge in [-0.2, -0.15) is 0 Å². The Morgan fingerprint density at radius 1 is 1.47 bits per heavy atom. The molecule has 4 heteroatoms. The molecule has 2 atom stereocenters. The standard InChI is InChI=1S/C11H18N2OS/c1-9(10-6-5-7-12-8-10)13-15(14)11(2,3)4/h5-9,13H,1-4H3/t9?,15-/m1/s1. The summed E-state index contributed by atoms with van der Waals surface area (Å²) in [5.74, 6) is 0. The van der Waals surface area contributed by atoms with Crippen LogP contribution in [-0.4, -0.2) is 14.3 Å². The number of pyridine rings is 1. The molecule has 0 saturated heterocycles. The van der Waals surface area contributed by atoms with E-state index in [1.54, 1.807) is 12.4 Å². The summed E-state index contributed by atoms with van der Waals surface area (Å²) < 4.78 is 14.7. The van der Waals surface area contributed by atoms with Gasteiger partial charge < -0.3 is 4.55 Å². The number of aromatic nitrogens is 1. The van der Waals surface area contributed by atoms with Gasteiger partial charge in [-0.3, -0.25) is 4.98 Å². The molecule has 0 aliphatic carbocycles. The van der Waals surface area contributed by atoms with E-state index in [0.717, 1.165) is 5.56 Å². The highest BCUT2D eigenvalue weighted by Gasteiger charge is 2.28. The zero-order chi connectivity index (χ0) is 11.5. The summed E-state index contributed by atoms with van der Waals surface area (Å²) in [5, 5.41) is 0. The minimum atomic E-state index is -1.05. The Balaban J connectivity index is 2.61. The fourth-order valence-corrected chi connectivity index (χ4v) is 1.85. The van der Waals surface area contributed by atoms with Crippen molar-refractivity contribution in [1.82, 2.24) is 9.71 Å². The van der Waals surface area contributed by atoms with Crippen molar-refractivity contribution in [1.29, 1.82) is 0 Å². The van der Waals surface area contributed by atoms with Gasteiger partial charge in [-0.15, -0.1) is 4.72 Å². The second kappa shape index (κ2) is 4.96. The maximum atomic E-state index is 11.8. The molecule has 1 aromatic rings. The number of nitrogens with one attached hydrogen (secondary N) is 1. The Hall–Kier alpha value is -0.580. The largest absolute Gasteiger partial charge is 0.598 e. The minimum absolute atomic E-state index is 0.0544. The van der Waals surface area contributed by atoms with E-state index in [9.17, 15) is 4.55 Å². The highest BCUT2D eigenvalue weighted by Crippen LogP contribution is 2.18. The van der Waals surface area contributed by atoms with Crippen LogP contribution in [-0.2, 0) is 11.4 Å². The molecule has 84 valence electrons. The lowest BCUT2D eigenvalue weighted by Gasteiger charge is -2.26. The van der Waals surface area contributed by atoms with E-state index in [1.807, 2.05) is 39.8 Å². The summed E-state index contributed by atoms with van der Waals surface area (Å²) >= 11 is -1.05. The van der Waals surface area contributed by atoms with Gasteiger partial charge in [0.15, 0.2) is 0 Å².